The molecule has 0 aromatic heterocycles. The highest BCUT2D eigenvalue weighted by molar-refractivity contribution is 7.89. The number of carbonyl (C=O) groups excluding carboxylic acids is 1. The van der Waals surface area contributed by atoms with Gasteiger partial charge in [0.25, 0.3) is 0 Å². The summed E-state index contributed by atoms with van der Waals surface area (Å²) in [4.78, 5) is 13.0. The molecule has 1 N–H and O–H groups in total. The van der Waals surface area contributed by atoms with Crippen LogP contribution in [0.4, 0.5) is 5.69 Å². The summed E-state index contributed by atoms with van der Waals surface area (Å²) in [5.41, 5.74) is 4.03. The van der Waals surface area contributed by atoms with Gasteiger partial charge in [-0.2, -0.15) is 4.31 Å². The molecule has 2 aliphatic rings. The first-order chi connectivity index (χ1) is 13.8. The molecule has 0 atom stereocenters. The number of piperidine rings is 1. The minimum atomic E-state index is -3.52. The average Bonchev–Trinajstić information content (AvgIpc) is 3.18. The summed E-state index contributed by atoms with van der Waals surface area (Å²) in [5, 5.41) is 3.39. The molecule has 1 aliphatic heterocycles. The SMILES string of the molecule is Cc1ccc(NC(=O)C2CCN(S(=O)(=O)c3ccc4c(c3)CCC4)CC2)c(Cl)c1. The maximum atomic E-state index is 13.0. The van der Waals surface area contributed by atoms with E-state index >= 15 is 0 Å². The van der Waals surface area contributed by atoms with Crippen LogP contribution in [0, 0.1) is 12.8 Å². The number of benzene rings is 2. The molecule has 7 heteroatoms. The third-order valence-corrected chi connectivity index (χ3v) is 8.12. The fourth-order valence-corrected chi connectivity index (χ4v) is 5.98. The molecule has 154 valence electrons. The van der Waals surface area contributed by atoms with Crippen LogP contribution in [0.25, 0.3) is 0 Å². The first kappa shape index (κ1) is 20.4. The minimum Gasteiger partial charge on any atom is -0.325 e. The van der Waals surface area contributed by atoms with Crippen LogP contribution in [0.5, 0.6) is 0 Å². The fourth-order valence-electron chi connectivity index (χ4n) is 4.17. The van der Waals surface area contributed by atoms with Crippen LogP contribution < -0.4 is 5.32 Å². The van der Waals surface area contributed by atoms with Gasteiger partial charge >= 0.3 is 0 Å². The van der Waals surface area contributed by atoms with Crippen molar-refractivity contribution in [3.05, 3.63) is 58.1 Å². The van der Waals surface area contributed by atoms with Crippen molar-refractivity contribution >= 4 is 33.2 Å². The lowest BCUT2D eigenvalue weighted by atomic mass is 9.97. The van der Waals surface area contributed by atoms with Gasteiger partial charge in [0.1, 0.15) is 0 Å². The predicted octanol–water partition coefficient (Wildman–Crippen LogP) is 4.18. The predicted molar refractivity (Wildman–Crippen MR) is 115 cm³/mol. The van der Waals surface area contributed by atoms with Gasteiger partial charge in [-0.15, -0.1) is 0 Å². The third kappa shape index (κ3) is 4.20. The van der Waals surface area contributed by atoms with E-state index < -0.39 is 10.0 Å². The molecule has 5 nitrogen and oxygen atoms in total. The molecule has 1 heterocycles. The molecular formula is C22H25ClN2O3S. The van der Waals surface area contributed by atoms with Gasteiger partial charge < -0.3 is 5.32 Å². The van der Waals surface area contributed by atoms with E-state index in [0.29, 0.717) is 41.5 Å². The summed E-state index contributed by atoms with van der Waals surface area (Å²) in [6.45, 7) is 2.63. The topological polar surface area (TPSA) is 66.5 Å². The number of aryl methyl sites for hydroxylation is 3. The molecule has 1 aliphatic carbocycles. The van der Waals surface area contributed by atoms with Crippen molar-refractivity contribution in [2.24, 2.45) is 5.92 Å². The Morgan fingerprint density at radius 3 is 2.52 bits per heavy atom. The van der Waals surface area contributed by atoms with Crippen molar-refractivity contribution in [1.82, 2.24) is 4.31 Å². The Morgan fingerprint density at radius 2 is 1.79 bits per heavy atom. The molecule has 0 saturated carbocycles. The van der Waals surface area contributed by atoms with Crippen LogP contribution >= 0.6 is 11.6 Å². The number of nitrogens with one attached hydrogen (secondary N) is 1. The second-order valence-electron chi connectivity index (χ2n) is 7.93. The number of carbonyl (C=O) groups is 1. The summed E-state index contributed by atoms with van der Waals surface area (Å²) >= 11 is 6.20. The number of sulfonamides is 1. The van der Waals surface area contributed by atoms with E-state index in [2.05, 4.69) is 5.32 Å². The van der Waals surface area contributed by atoms with E-state index in [-0.39, 0.29) is 11.8 Å². The van der Waals surface area contributed by atoms with Crippen molar-refractivity contribution in [2.45, 2.75) is 43.9 Å². The van der Waals surface area contributed by atoms with E-state index in [4.69, 9.17) is 11.6 Å². The quantitative estimate of drug-likeness (QED) is 0.788. The average molecular weight is 433 g/mol. The first-order valence-corrected chi connectivity index (χ1v) is 11.9. The van der Waals surface area contributed by atoms with Gasteiger partial charge in [0.15, 0.2) is 0 Å². The number of nitrogens with zero attached hydrogens (tertiary/aromatic N) is 1. The van der Waals surface area contributed by atoms with Crippen LogP contribution in [0.3, 0.4) is 0 Å². The maximum Gasteiger partial charge on any atom is 0.243 e. The second-order valence-corrected chi connectivity index (χ2v) is 10.3. The van der Waals surface area contributed by atoms with Crippen LogP contribution in [-0.4, -0.2) is 31.7 Å². The molecular weight excluding hydrogens is 408 g/mol. The van der Waals surface area contributed by atoms with Crippen LogP contribution in [-0.2, 0) is 27.7 Å². The van der Waals surface area contributed by atoms with E-state index in [9.17, 15) is 13.2 Å². The van der Waals surface area contributed by atoms with Gasteiger partial charge in [-0.1, -0.05) is 23.7 Å². The Hall–Kier alpha value is -1.89. The van der Waals surface area contributed by atoms with E-state index in [1.54, 1.807) is 12.1 Å². The lowest BCUT2D eigenvalue weighted by Gasteiger charge is -2.30. The van der Waals surface area contributed by atoms with Gasteiger partial charge in [-0.3, -0.25) is 4.79 Å². The molecule has 2 aromatic rings. The first-order valence-electron chi connectivity index (χ1n) is 10.0. The Morgan fingerprint density at radius 1 is 1.07 bits per heavy atom. The summed E-state index contributed by atoms with van der Waals surface area (Å²) in [7, 11) is -3.52. The van der Waals surface area contributed by atoms with Crippen LogP contribution in [0.15, 0.2) is 41.3 Å². The number of fused-ring (bicyclic) bond motifs is 1. The third-order valence-electron chi connectivity index (χ3n) is 5.91. The van der Waals surface area contributed by atoms with E-state index in [1.807, 2.05) is 31.2 Å². The molecule has 0 unspecified atom stereocenters. The molecule has 2 aromatic carbocycles. The number of amides is 1. The van der Waals surface area contributed by atoms with Crippen LogP contribution in [0.2, 0.25) is 5.02 Å². The number of hydrogen-bond donors (Lipinski definition) is 1. The van der Waals surface area contributed by atoms with Crippen molar-refractivity contribution in [1.29, 1.82) is 0 Å². The zero-order valence-electron chi connectivity index (χ0n) is 16.4. The zero-order chi connectivity index (χ0) is 20.6. The fraction of sp³-hybridized carbons (Fsp3) is 0.409. The highest BCUT2D eigenvalue weighted by Gasteiger charge is 2.32. The van der Waals surface area contributed by atoms with Gasteiger partial charge in [0.2, 0.25) is 15.9 Å². The molecule has 1 saturated heterocycles. The normalized spacial score (nSPS) is 17.9. The van der Waals surface area contributed by atoms with Gasteiger partial charge in [0, 0.05) is 19.0 Å². The summed E-state index contributed by atoms with van der Waals surface area (Å²) in [6, 6.07) is 11.0. The minimum absolute atomic E-state index is 0.106. The standard InChI is InChI=1S/C22H25ClN2O3S/c1-15-5-8-21(20(23)13-15)24-22(26)17-9-11-25(12-10-17)29(27,28)19-7-6-16-3-2-4-18(16)14-19/h5-8,13-14,17H,2-4,9-12H2,1H3,(H,24,26). The molecule has 29 heavy (non-hydrogen) atoms. The molecule has 0 radical (unpaired) electrons. The summed E-state index contributed by atoms with van der Waals surface area (Å²) < 4.78 is 27.6. The number of halogens is 1. The molecule has 0 bridgehead atoms. The Bertz CT molecular complexity index is 1040. The highest BCUT2D eigenvalue weighted by atomic mass is 35.5. The Balaban J connectivity index is 1.40. The number of rotatable bonds is 4. The highest BCUT2D eigenvalue weighted by Crippen LogP contribution is 2.29. The largest absolute Gasteiger partial charge is 0.325 e. The second kappa shape index (κ2) is 8.09. The summed E-state index contributed by atoms with van der Waals surface area (Å²) in [6.07, 6.45) is 4.06. The van der Waals surface area contributed by atoms with E-state index in [1.165, 1.54) is 9.87 Å². The number of hydrogen-bond acceptors (Lipinski definition) is 3. The van der Waals surface area contributed by atoms with Gasteiger partial charge in [-0.25, -0.2) is 8.42 Å². The number of anilines is 1. The Labute approximate surface area is 177 Å². The van der Waals surface area contributed by atoms with Crippen molar-refractivity contribution in [3.8, 4) is 0 Å². The molecule has 4 rings (SSSR count). The molecule has 1 amide bonds. The zero-order valence-corrected chi connectivity index (χ0v) is 18.0. The van der Waals surface area contributed by atoms with E-state index in [0.717, 1.165) is 30.4 Å². The van der Waals surface area contributed by atoms with Crippen LogP contribution in [0.1, 0.15) is 36.0 Å². The van der Waals surface area contributed by atoms with Gasteiger partial charge in [-0.05, 0) is 80.0 Å². The van der Waals surface area contributed by atoms with Crippen molar-refractivity contribution in [3.63, 3.8) is 0 Å². The monoisotopic (exact) mass is 432 g/mol. The maximum absolute atomic E-state index is 13.0. The summed E-state index contributed by atoms with van der Waals surface area (Å²) in [5.74, 6) is -0.329. The van der Waals surface area contributed by atoms with Crippen molar-refractivity contribution in [2.75, 3.05) is 18.4 Å². The van der Waals surface area contributed by atoms with Gasteiger partial charge in [0.05, 0.1) is 15.6 Å². The Kier molecular flexibility index (Phi) is 5.69. The smallest absolute Gasteiger partial charge is 0.243 e. The van der Waals surface area contributed by atoms with Crippen molar-refractivity contribution < 1.29 is 13.2 Å². The molecule has 0 spiro atoms. The lowest BCUT2D eigenvalue weighted by molar-refractivity contribution is -0.120. The molecule has 1 fully saturated rings. The lowest BCUT2D eigenvalue weighted by Crippen LogP contribution is -2.41.